The van der Waals surface area contributed by atoms with Gasteiger partial charge in [-0.25, -0.2) is 0 Å². The van der Waals surface area contributed by atoms with Crippen LogP contribution in [0.25, 0.3) is 40.0 Å². The van der Waals surface area contributed by atoms with E-state index in [1.165, 1.54) is 6.20 Å². The predicted octanol–water partition coefficient (Wildman–Crippen LogP) is 10.0. The number of unbranched alkanes of at least 4 members (excludes halogenated alkanes) is 1. The van der Waals surface area contributed by atoms with E-state index in [0.29, 0.717) is 5.57 Å². The number of para-hydroxylation sites is 1. The minimum Gasteiger partial charge on any atom is -0.405 e. The molecule has 0 saturated carbocycles. The molecule has 0 amide bonds. The average Bonchev–Trinajstić information content (AvgIpc) is 3.09. The Morgan fingerprint density at radius 2 is 1.56 bits per heavy atom. The van der Waals surface area contributed by atoms with E-state index in [9.17, 15) is 0 Å². The number of allylic oxidation sites excluding steroid dienone is 7. The molecule has 45 heavy (non-hydrogen) atoms. The van der Waals surface area contributed by atoms with Crippen LogP contribution < -0.4 is 16.4 Å². The van der Waals surface area contributed by atoms with Crippen LogP contribution in [0.1, 0.15) is 36.5 Å². The smallest absolute Gasteiger partial charge is 0.0988 e. The summed E-state index contributed by atoms with van der Waals surface area (Å²) in [5, 5.41) is 9.16. The van der Waals surface area contributed by atoms with E-state index in [1.807, 2.05) is 37.3 Å². The van der Waals surface area contributed by atoms with Gasteiger partial charge in [-0.15, -0.1) is 0 Å². The molecule has 4 heteroatoms. The molecule has 0 bridgehead atoms. The molecule has 4 aromatic carbocycles. The largest absolute Gasteiger partial charge is 0.405 e. The number of hydrogen-bond acceptors (Lipinski definition) is 4. The number of hydrogen-bond donors (Lipinski definition) is 2. The van der Waals surface area contributed by atoms with Crippen molar-refractivity contribution in [3.63, 3.8) is 0 Å². The lowest BCUT2D eigenvalue weighted by Gasteiger charge is -2.27. The maximum absolute atomic E-state index is 9.16. The number of nitrogens with two attached hydrogens (primary N) is 2. The lowest BCUT2D eigenvalue weighted by Crippen LogP contribution is -2.12. The predicted molar refractivity (Wildman–Crippen MR) is 194 cm³/mol. The first-order valence-electron chi connectivity index (χ1n) is 15.0. The highest BCUT2D eigenvalue weighted by atomic mass is 15.1. The van der Waals surface area contributed by atoms with E-state index in [2.05, 4.69) is 122 Å². The van der Waals surface area contributed by atoms with Crippen molar-refractivity contribution in [2.24, 2.45) is 11.5 Å². The second-order valence-electron chi connectivity index (χ2n) is 10.4. The van der Waals surface area contributed by atoms with E-state index in [0.717, 1.165) is 68.7 Å². The molecule has 4 N–H and O–H groups in total. The van der Waals surface area contributed by atoms with E-state index in [1.54, 1.807) is 12.3 Å². The van der Waals surface area contributed by atoms with Crippen molar-refractivity contribution in [3.05, 3.63) is 163 Å². The first-order chi connectivity index (χ1) is 22.1. The van der Waals surface area contributed by atoms with Gasteiger partial charge in [0.05, 0.1) is 11.8 Å². The van der Waals surface area contributed by atoms with Crippen molar-refractivity contribution in [2.75, 3.05) is 11.9 Å². The van der Waals surface area contributed by atoms with E-state index in [4.69, 9.17) is 16.7 Å². The van der Waals surface area contributed by atoms with Gasteiger partial charge in [0.1, 0.15) is 0 Å². The Balaban J connectivity index is 1.79. The van der Waals surface area contributed by atoms with Crippen LogP contribution in [-0.2, 0) is 0 Å². The van der Waals surface area contributed by atoms with Gasteiger partial charge in [-0.3, -0.25) is 0 Å². The number of anilines is 2. The summed E-state index contributed by atoms with van der Waals surface area (Å²) < 4.78 is 0. The molecule has 0 saturated heterocycles. The van der Waals surface area contributed by atoms with Gasteiger partial charge in [-0.05, 0) is 89.2 Å². The van der Waals surface area contributed by atoms with Crippen LogP contribution in [0, 0.1) is 11.3 Å². The molecule has 0 unspecified atom stereocenters. The maximum Gasteiger partial charge on any atom is 0.0988 e. The zero-order valence-corrected chi connectivity index (χ0v) is 26.0. The van der Waals surface area contributed by atoms with Gasteiger partial charge in [0, 0.05) is 30.1 Å². The summed E-state index contributed by atoms with van der Waals surface area (Å²) in [7, 11) is 2.11. The fourth-order valence-electron chi connectivity index (χ4n) is 5.36. The Bertz CT molecular complexity index is 1780. The van der Waals surface area contributed by atoms with E-state index in [-0.39, 0.29) is 0 Å². The van der Waals surface area contributed by atoms with Crippen LogP contribution in [0.2, 0.25) is 0 Å². The Labute approximate surface area is 268 Å². The van der Waals surface area contributed by atoms with Crippen LogP contribution in [0.5, 0.6) is 0 Å². The van der Waals surface area contributed by atoms with Gasteiger partial charge in [-0.2, -0.15) is 5.26 Å². The third-order valence-corrected chi connectivity index (χ3v) is 7.60. The van der Waals surface area contributed by atoms with Crippen LogP contribution in [-0.4, -0.2) is 7.05 Å². The van der Waals surface area contributed by atoms with Crippen molar-refractivity contribution in [1.29, 1.82) is 5.26 Å². The first kappa shape index (κ1) is 32.1. The van der Waals surface area contributed by atoms with Gasteiger partial charge in [0.15, 0.2) is 0 Å². The maximum atomic E-state index is 9.16. The minimum atomic E-state index is 0.557. The second-order valence-corrected chi connectivity index (χ2v) is 10.4. The molecule has 4 aromatic rings. The number of benzene rings is 4. The van der Waals surface area contributed by atoms with Crippen LogP contribution in [0.15, 0.2) is 146 Å². The van der Waals surface area contributed by atoms with Crippen molar-refractivity contribution >= 4 is 29.1 Å². The monoisotopic (exact) mass is 588 g/mol. The molecule has 0 aromatic heterocycles. The summed E-state index contributed by atoms with van der Waals surface area (Å²) in [6.45, 7) is 6.33. The molecule has 4 nitrogen and oxygen atoms in total. The Morgan fingerprint density at radius 1 is 0.867 bits per heavy atom. The molecule has 0 spiro atoms. The Hall–Kier alpha value is -5.79. The summed E-state index contributed by atoms with van der Waals surface area (Å²) in [6, 6.07) is 33.9. The molecule has 224 valence electrons. The van der Waals surface area contributed by atoms with Gasteiger partial charge in [0.2, 0.25) is 0 Å². The van der Waals surface area contributed by atoms with Gasteiger partial charge in [-0.1, -0.05) is 116 Å². The lowest BCUT2D eigenvalue weighted by molar-refractivity contribution is 1.05. The quantitative estimate of drug-likeness (QED) is 0.0980. The fraction of sp³-hybridized carbons (Fsp3) is 0.0976. The standard InChI is InChI=1S/C41H40N4/c1-4-15-38-37(5-2)41(40(45(3)36-20-13-8-14-21-36)28-39(38)33-17-10-7-11-18-33)34-24-22-32(23-25-34)35(30-44)19-12-6-9-16-31(29-43)26-27-42/h4-5,7-8,10-28,30H,2,6,9,42,44H2,1,3H3/b15-4-,19-12-,27-26-,31-16+,35-30+. The van der Waals surface area contributed by atoms with Gasteiger partial charge in [0.25, 0.3) is 0 Å². The van der Waals surface area contributed by atoms with E-state index >= 15 is 0 Å². The molecular weight excluding hydrogens is 548 g/mol. The third-order valence-electron chi connectivity index (χ3n) is 7.60. The lowest BCUT2D eigenvalue weighted by atomic mass is 9.86. The molecule has 4 rings (SSSR count). The van der Waals surface area contributed by atoms with Crippen LogP contribution in [0.4, 0.5) is 11.4 Å². The highest BCUT2D eigenvalue weighted by molar-refractivity contribution is 5.97. The minimum absolute atomic E-state index is 0.557. The fourth-order valence-corrected chi connectivity index (χ4v) is 5.36. The Kier molecular flexibility index (Phi) is 11.5. The van der Waals surface area contributed by atoms with Crippen molar-refractivity contribution in [1.82, 2.24) is 0 Å². The second kappa shape index (κ2) is 16.2. The zero-order valence-electron chi connectivity index (χ0n) is 26.0. The molecule has 0 atom stereocenters. The average molecular weight is 589 g/mol. The molecule has 0 aliphatic rings. The van der Waals surface area contributed by atoms with Gasteiger partial charge < -0.3 is 16.4 Å². The molecule has 0 aliphatic carbocycles. The highest BCUT2D eigenvalue weighted by Crippen LogP contribution is 2.44. The topological polar surface area (TPSA) is 79.1 Å². The molecule has 0 heterocycles. The number of nitrogens with zero attached hydrogens (tertiary/aromatic N) is 2. The summed E-state index contributed by atoms with van der Waals surface area (Å²) >= 11 is 0. The first-order valence-corrected chi connectivity index (χ1v) is 15.0. The third kappa shape index (κ3) is 7.79. The van der Waals surface area contributed by atoms with Crippen molar-refractivity contribution < 1.29 is 0 Å². The molecule has 0 aliphatic heterocycles. The van der Waals surface area contributed by atoms with Crippen LogP contribution >= 0.6 is 0 Å². The molecular formula is C41H40N4. The highest BCUT2D eigenvalue weighted by Gasteiger charge is 2.20. The zero-order chi connectivity index (χ0) is 32.0. The summed E-state index contributed by atoms with van der Waals surface area (Å²) in [4.78, 5) is 2.24. The summed E-state index contributed by atoms with van der Waals surface area (Å²) in [5.41, 5.74) is 22.8. The summed E-state index contributed by atoms with van der Waals surface area (Å²) in [5.74, 6) is 0. The van der Waals surface area contributed by atoms with Crippen LogP contribution in [0.3, 0.4) is 0 Å². The van der Waals surface area contributed by atoms with E-state index < -0.39 is 0 Å². The molecule has 0 fully saturated rings. The molecule has 0 radical (unpaired) electrons. The number of nitriles is 1. The number of rotatable bonds is 12. The Morgan fingerprint density at radius 3 is 2.16 bits per heavy atom. The van der Waals surface area contributed by atoms with Gasteiger partial charge >= 0.3 is 0 Å². The van der Waals surface area contributed by atoms with Crippen molar-refractivity contribution in [3.8, 4) is 28.3 Å². The van der Waals surface area contributed by atoms with Crippen molar-refractivity contribution in [2.45, 2.75) is 19.8 Å². The normalized spacial score (nSPS) is 12.2. The summed E-state index contributed by atoms with van der Waals surface area (Å²) in [6.07, 6.45) is 18.3. The SMILES string of the molecule is C=Cc1c(/C=C\C)c(-c2ccccc2)cc(N(C)c2ccccc2)c1-c1ccc(C(/C=C\CC/C=C(C#N)\C=C/N)=C/N)cc1.